The highest BCUT2D eigenvalue weighted by atomic mass is 16.5. The number of nitrogens with zero attached hydrogens (tertiary/aromatic N) is 1. The molecule has 4 nitrogen and oxygen atoms in total. The Balaban J connectivity index is 3.44. The second-order valence-corrected chi connectivity index (χ2v) is 2.85. The molecule has 72 valence electrons. The molecule has 0 aliphatic rings. The van der Waals surface area contributed by atoms with Crippen LogP contribution in [0.4, 0.5) is 0 Å². The second kappa shape index (κ2) is 3.79. The van der Waals surface area contributed by atoms with Crippen LogP contribution in [-0.2, 0) is 0 Å². The molecule has 0 spiro atoms. The number of carbonyl (C=O) groups is 1. The number of nitrogens with two attached hydrogens (primary N) is 1. The Morgan fingerprint density at radius 2 is 2.21 bits per heavy atom. The molecule has 0 fully saturated rings. The lowest BCUT2D eigenvalue weighted by Gasteiger charge is -2.08. The van der Waals surface area contributed by atoms with E-state index < -0.39 is 5.91 Å². The zero-order chi connectivity index (χ0) is 10.7. The number of amides is 1. The molecule has 0 radical (unpaired) electrons. The number of carbonyl (C=O) groups excluding carboxylic acids is 1. The van der Waals surface area contributed by atoms with Crippen molar-refractivity contribution in [3.8, 4) is 11.8 Å². The minimum atomic E-state index is -0.552. The number of ether oxygens (including phenoxy) is 1. The van der Waals surface area contributed by atoms with Gasteiger partial charge in [0.15, 0.2) is 0 Å². The number of aryl methyl sites for hydroxylation is 1. The molecule has 1 amide bonds. The highest BCUT2D eigenvalue weighted by Crippen LogP contribution is 2.23. The molecular weight excluding hydrogens is 180 g/mol. The third kappa shape index (κ3) is 1.67. The number of primary amides is 1. The van der Waals surface area contributed by atoms with Crippen molar-refractivity contribution in [2.75, 3.05) is 7.11 Å². The van der Waals surface area contributed by atoms with Gasteiger partial charge in [-0.05, 0) is 24.6 Å². The molecule has 0 saturated carbocycles. The summed E-state index contributed by atoms with van der Waals surface area (Å²) in [6.45, 7) is 1.71. The van der Waals surface area contributed by atoms with Gasteiger partial charge in [-0.1, -0.05) is 0 Å². The van der Waals surface area contributed by atoms with Crippen molar-refractivity contribution in [3.05, 3.63) is 28.8 Å². The van der Waals surface area contributed by atoms with Gasteiger partial charge < -0.3 is 10.5 Å². The van der Waals surface area contributed by atoms with Gasteiger partial charge >= 0.3 is 0 Å². The molecule has 0 atom stereocenters. The van der Waals surface area contributed by atoms with E-state index in [2.05, 4.69) is 0 Å². The molecule has 0 aliphatic heterocycles. The van der Waals surface area contributed by atoms with Crippen LogP contribution >= 0.6 is 0 Å². The number of benzene rings is 1. The number of hydrogen-bond acceptors (Lipinski definition) is 3. The zero-order valence-corrected chi connectivity index (χ0v) is 8.00. The van der Waals surface area contributed by atoms with E-state index in [1.54, 1.807) is 13.0 Å². The van der Waals surface area contributed by atoms with E-state index in [1.807, 2.05) is 6.07 Å². The first-order chi connectivity index (χ1) is 6.60. The smallest absolute Gasteiger partial charge is 0.252 e. The van der Waals surface area contributed by atoms with Gasteiger partial charge in [-0.25, -0.2) is 0 Å². The minimum absolute atomic E-state index is 0.325. The summed E-state index contributed by atoms with van der Waals surface area (Å²) in [7, 11) is 1.43. The van der Waals surface area contributed by atoms with E-state index in [1.165, 1.54) is 13.2 Å². The lowest BCUT2D eigenvalue weighted by Crippen LogP contribution is -2.14. The molecular formula is C10H10N2O2. The van der Waals surface area contributed by atoms with Crippen LogP contribution in [0.15, 0.2) is 12.1 Å². The Hall–Kier alpha value is -2.02. The Labute approximate surface area is 81.9 Å². The Morgan fingerprint density at radius 1 is 1.57 bits per heavy atom. The normalized spacial score (nSPS) is 9.21. The number of methoxy groups -OCH3 is 1. The van der Waals surface area contributed by atoms with Gasteiger partial charge in [-0.2, -0.15) is 5.26 Å². The fourth-order valence-electron chi connectivity index (χ4n) is 1.30. The largest absolute Gasteiger partial charge is 0.496 e. The van der Waals surface area contributed by atoms with E-state index in [-0.39, 0.29) is 0 Å². The quantitative estimate of drug-likeness (QED) is 0.755. The van der Waals surface area contributed by atoms with Crippen LogP contribution < -0.4 is 10.5 Å². The predicted molar refractivity (Wildman–Crippen MR) is 51.0 cm³/mol. The molecule has 0 bridgehead atoms. The van der Waals surface area contributed by atoms with Gasteiger partial charge in [-0.15, -0.1) is 0 Å². The van der Waals surface area contributed by atoms with Crippen LogP contribution in [0, 0.1) is 18.3 Å². The van der Waals surface area contributed by atoms with E-state index in [9.17, 15) is 4.79 Å². The first-order valence-electron chi connectivity index (χ1n) is 3.98. The SMILES string of the molecule is COc1cc(C#N)cc(C)c1C(N)=O. The molecule has 2 N–H and O–H groups in total. The summed E-state index contributed by atoms with van der Waals surface area (Å²) in [5.74, 6) is -0.210. The fourth-order valence-corrected chi connectivity index (χ4v) is 1.30. The van der Waals surface area contributed by atoms with Crippen molar-refractivity contribution in [2.24, 2.45) is 5.73 Å². The number of hydrogen-bond donors (Lipinski definition) is 1. The van der Waals surface area contributed by atoms with Crippen LogP contribution in [0.1, 0.15) is 21.5 Å². The summed E-state index contributed by atoms with van der Waals surface area (Å²) in [4.78, 5) is 11.1. The molecule has 1 aromatic rings. The van der Waals surface area contributed by atoms with Gasteiger partial charge in [0.05, 0.1) is 24.3 Å². The van der Waals surface area contributed by atoms with Crippen LogP contribution in [0.25, 0.3) is 0 Å². The lowest BCUT2D eigenvalue weighted by molar-refractivity contribution is 0.0997. The Bertz CT molecular complexity index is 419. The monoisotopic (exact) mass is 190 g/mol. The van der Waals surface area contributed by atoms with Gasteiger partial charge in [0.25, 0.3) is 5.91 Å². The van der Waals surface area contributed by atoms with Crippen molar-refractivity contribution in [1.29, 1.82) is 5.26 Å². The van der Waals surface area contributed by atoms with Crippen LogP contribution in [0.3, 0.4) is 0 Å². The predicted octanol–water partition coefficient (Wildman–Crippen LogP) is 0.974. The maximum absolute atomic E-state index is 11.1. The number of rotatable bonds is 2. The van der Waals surface area contributed by atoms with Crippen LogP contribution in [0.2, 0.25) is 0 Å². The highest BCUT2D eigenvalue weighted by Gasteiger charge is 2.13. The van der Waals surface area contributed by atoms with E-state index in [4.69, 9.17) is 15.7 Å². The third-order valence-electron chi connectivity index (χ3n) is 1.89. The number of nitriles is 1. The van der Waals surface area contributed by atoms with E-state index >= 15 is 0 Å². The van der Waals surface area contributed by atoms with Gasteiger partial charge in [-0.3, -0.25) is 4.79 Å². The van der Waals surface area contributed by atoms with Crippen molar-refractivity contribution in [1.82, 2.24) is 0 Å². The second-order valence-electron chi connectivity index (χ2n) is 2.85. The summed E-state index contributed by atoms with van der Waals surface area (Å²) in [6, 6.07) is 5.07. The average molecular weight is 190 g/mol. The summed E-state index contributed by atoms with van der Waals surface area (Å²) < 4.78 is 4.98. The van der Waals surface area contributed by atoms with Gasteiger partial charge in [0, 0.05) is 0 Å². The lowest BCUT2D eigenvalue weighted by atomic mass is 10.0. The molecule has 0 aromatic heterocycles. The Morgan fingerprint density at radius 3 is 2.64 bits per heavy atom. The third-order valence-corrected chi connectivity index (χ3v) is 1.89. The molecule has 0 unspecified atom stereocenters. The van der Waals surface area contributed by atoms with E-state index in [0.717, 1.165) is 0 Å². The summed E-state index contributed by atoms with van der Waals surface area (Å²) in [5, 5.41) is 8.69. The summed E-state index contributed by atoms with van der Waals surface area (Å²) >= 11 is 0. The molecule has 0 aliphatic carbocycles. The van der Waals surface area contributed by atoms with Crippen molar-refractivity contribution < 1.29 is 9.53 Å². The van der Waals surface area contributed by atoms with Gasteiger partial charge in [0.2, 0.25) is 0 Å². The summed E-state index contributed by atoms with van der Waals surface area (Å²) in [5.41, 5.74) is 6.60. The van der Waals surface area contributed by atoms with Crippen molar-refractivity contribution in [2.45, 2.75) is 6.92 Å². The molecule has 1 aromatic carbocycles. The Kier molecular flexibility index (Phi) is 2.73. The highest BCUT2D eigenvalue weighted by molar-refractivity contribution is 5.97. The standard InChI is InChI=1S/C10H10N2O2/c1-6-3-7(5-11)4-8(14-2)9(6)10(12)13/h3-4H,1-2H3,(H2,12,13). The molecule has 0 saturated heterocycles. The molecule has 4 heteroatoms. The fraction of sp³-hybridized carbons (Fsp3) is 0.200. The maximum Gasteiger partial charge on any atom is 0.252 e. The van der Waals surface area contributed by atoms with Crippen molar-refractivity contribution >= 4 is 5.91 Å². The van der Waals surface area contributed by atoms with E-state index in [0.29, 0.717) is 22.4 Å². The summed E-state index contributed by atoms with van der Waals surface area (Å²) in [6.07, 6.45) is 0. The van der Waals surface area contributed by atoms with Crippen LogP contribution in [0.5, 0.6) is 5.75 Å². The molecule has 1 rings (SSSR count). The van der Waals surface area contributed by atoms with Crippen LogP contribution in [-0.4, -0.2) is 13.0 Å². The molecule has 14 heavy (non-hydrogen) atoms. The van der Waals surface area contributed by atoms with Crippen molar-refractivity contribution in [3.63, 3.8) is 0 Å². The molecule has 0 heterocycles. The first kappa shape index (κ1) is 10.1. The topological polar surface area (TPSA) is 76.1 Å². The maximum atomic E-state index is 11.1. The first-order valence-corrected chi connectivity index (χ1v) is 3.98. The van der Waals surface area contributed by atoms with Gasteiger partial charge in [0.1, 0.15) is 5.75 Å². The minimum Gasteiger partial charge on any atom is -0.496 e. The zero-order valence-electron chi connectivity index (χ0n) is 8.00. The average Bonchev–Trinajstić information content (AvgIpc) is 2.15.